The number of hydrogen-bond donors (Lipinski definition) is 1. The van der Waals surface area contributed by atoms with Crippen LogP contribution in [0.4, 0.5) is 0 Å². The summed E-state index contributed by atoms with van der Waals surface area (Å²) in [5.74, 6) is -2.43. The molecule has 0 amide bonds. The summed E-state index contributed by atoms with van der Waals surface area (Å²) in [6.45, 7) is 9.87. The van der Waals surface area contributed by atoms with Gasteiger partial charge in [0.05, 0.1) is 25.4 Å². The van der Waals surface area contributed by atoms with Crippen LogP contribution < -0.4 is 10.1 Å². The van der Waals surface area contributed by atoms with E-state index in [-0.39, 0.29) is 17.8 Å². The molecule has 0 radical (unpaired) electrons. The van der Waals surface area contributed by atoms with Crippen LogP contribution in [0.25, 0.3) is 0 Å². The van der Waals surface area contributed by atoms with Gasteiger partial charge in [-0.3, -0.25) is 9.59 Å². The summed E-state index contributed by atoms with van der Waals surface area (Å²) in [7, 11) is 1.29. The second-order valence-electron chi connectivity index (χ2n) is 8.91. The lowest BCUT2D eigenvalue weighted by Crippen LogP contribution is -2.43. The molecule has 0 saturated heterocycles. The average Bonchev–Trinajstić information content (AvgIpc) is 2.76. The molecule has 0 fully saturated rings. The Morgan fingerprint density at radius 3 is 2.42 bits per heavy atom. The number of methoxy groups -OCH3 is 1. The molecular weight excluding hydrogens is 422 g/mol. The fourth-order valence-electron chi connectivity index (χ4n) is 4.54. The molecule has 1 aliphatic carbocycles. The number of carbonyl (C=O) groups is 3. The van der Waals surface area contributed by atoms with Crippen molar-refractivity contribution in [1.82, 2.24) is 5.32 Å². The van der Waals surface area contributed by atoms with Gasteiger partial charge in [-0.1, -0.05) is 26.0 Å². The van der Waals surface area contributed by atoms with Crippen LogP contribution in [0.15, 0.2) is 46.8 Å². The summed E-state index contributed by atoms with van der Waals surface area (Å²) in [4.78, 5) is 39.3. The molecule has 3 atom stereocenters. The Hall–Kier alpha value is -3.09. The number of rotatable bonds is 7. The van der Waals surface area contributed by atoms with Crippen molar-refractivity contribution < 1.29 is 28.6 Å². The fraction of sp³-hybridized carbons (Fsp3) is 0.500. The number of carbonyl (C=O) groups excluding carboxylic acids is 3. The van der Waals surface area contributed by atoms with Crippen LogP contribution in [-0.4, -0.2) is 37.5 Å². The number of esters is 2. The van der Waals surface area contributed by atoms with Gasteiger partial charge in [0.25, 0.3) is 0 Å². The van der Waals surface area contributed by atoms with E-state index in [0.717, 1.165) is 17.7 Å². The van der Waals surface area contributed by atoms with Gasteiger partial charge in [-0.25, -0.2) is 4.79 Å². The summed E-state index contributed by atoms with van der Waals surface area (Å²) in [6.07, 6.45) is 1.07. The molecule has 1 heterocycles. The Morgan fingerprint density at radius 1 is 1.18 bits per heavy atom. The number of ether oxygens (including phenoxy) is 3. The number of Topliss-reactive ketones (excluding diaryl/α,β-unsaturated/α-hetero) is 1. The van der Waals surface area contributed by atoms with E-state index in [1.807, 2.05) is 45.0 Å². The summed E-state index contributed by atoms with van der Waals surface area (Å²) in [6, 6.07) is 7.39. The number of dihydropyridines is 1. The average molecular weight is 456 g/mol. The van der Waals surface area contributed by atoms with Gasteiger partial charge in [0, 0.05) is 22.9 Å². The monoisotopic (exact) mass is 455 g/mol. The Labute approximate surface area is 195 Å². The lowest BCUT2D eigenvalue weighted by molar-refractivity contribution is -0.151. The van der Waals surface area contributed by atoms with Crippen molar-refractivity contribution in [3.8, 4) is 5.75 Å². The van der Waals surface area contributed by atoms with Crippen LogP contribution in [-0.2, 0) is 23.9 Å². The third-order valence-electron chi connectivity index (χ3n) is 5.99. The lowest BCUT2D eigenvalue weighted by Gasteiger charge is -2.38. The van der Waals surface area contributed by atoms with Gasteiger partial charge in [-0.15, -0.1) is 0 Å². The van der Waals surface area contributed by atoms with E-state index < -0.39 is 23.8 Å². The van der Waals surface area contributed by atoms with Crippen molar-refractivity contribution in [1.29, 1.82) is 0 Å². The first kappa shape index (κ1) is 24.6. The molecule has 1 aromatic rings. The zero-order chi connectivity index (χ0) is 24.3. The molecular formula is C26H33NO6. The highest BCUT2D eigenvalue weighted by molar-refractivity contribution is 6.12. The van der Waals surface area contributed by atoms with E-state index in [2.05, 4.69) is 5.32 Å². The van der Waals surface area contributed by atoms with Crippen LogP contribution in [0.3, 0.4) is 0 Å². The maximum Gasteiger partial charge on any atom is 0.337 e. The van der Waals surface area contributed by atoms with Crippen LogP contribution >= 0.6 is 0 Å². The Kier molecular flexibility index (Phi) is 7.61. The van der Waals surface area contributed by atoms with E-state index in [1.54, 1.807) is 13.8 Å². The first-order valence-corrected chi connectivity index (χ1v) is 11.5. The maximum absolute atomic E-state index is 13.7. The molecule has 1 aliphatic heterocycles. The molecule has 7 heteroatoms. The molecule has 0 unspecified atom stereocenters. The van der Waals surface area contributed by atoms with Crippen LogP contribution in [0.1, 0.15) is 58.9 Å². The van der Waals surface area contributed by atoms with E-state index in [4.69, 9.17) is 14.2 Å². The predicted octanol–water partition coefficient (Wildman–Crippen LogP) is 4.04. The fourth-order valence-corrected chi connectivity index (χ4v) is 4.54. The quantitative estimate of drug-likeness (QED) is 0.490. The highest BCUT2D eigenvalue weighted by Gasteiger charge is 2.47. The summed E-state index contributed by atoms with van der Waals surface area (Å²) in [5.41, 5.74) is 2.94. The second-order valence-corrected chi connectivity index (χ2v) is 8.91. The van der Waals surface area contributed by atoms with E-state index in [1.165, 1.54) is 7.11 Å². The Bertz CT molecular complexity index is 989. The minimum Gasteiger partial charge on any atom is -0.494 e. The van der Waals surface area contributed by atoms with Crippen LogP contribution in [0.2, 0.25) is 0 Å². The van der Waals surface area contributed by atoms with Crippen molar-refractivity contribution in [2.45, 2.75) is 59.5 Å². The molecule has 33 heavy (non-hydrogen) atoms. The summed E-state index contributed by atoms with van der Waals surface area (Å²) < 4.78 is 16.2. The number of hydrogen-bond acceptors (Lipinski definition) is 7. The molecule has 2 aliphatic rings. The molecule has 0 spiro atoms. The predicted molar refractivity (Wildman–Crippen MR) is 123 cm³/mol. The van der Waals surface area contributed by atoms with E-state index in [9.17, 15) is 14.4 Å². The summed E-state index contributed by atoms with van der Waals surface area (Å²) >= 11 is 0. The number of nitrogens with one attached hydrogen (secondary N) is 1. The number of benzene rings is 1. The van der Waals surface area contributed by atoms with Gasteiger partial charge in [-0.2, -0.15) is 0 Å². The molecule has 1 N–H and O–H groups in total. The number of allylic oxidation sites excluding steroid dienone is 3. The van der Waals surface area contributed by atoms with Gasteiger partial charge >= 0.3 is 11.9 Å². The van der Waals surface area contributed by atoms with Crippen molar-refractivity contribution in [2.24, 2.45) is 11.8 Å². The van der Waals surface area contributed by atoms with Gasteiger partial charge in [0.1, 0.15) is 11.7 Å². The molecule has 7 nitrogen and oxygen atoms in total. The Morgan fingerprint density at radius 2 is 1.85 bits per heavy atom. The highest BCUT2D eigenvalue weighted by Crippen LogP contribution is 2.45. The molecule has 0 saturated carbocycles. The minimum atomic E-state index is -0.911. The molecule has 178 valence electrons. The smallest absolute Gasteiger partial charge is 0.337 e. The van der Waals surface area contributed by atoms with E-state index in [0.29, 0.717) is 35.6 Å². The molecule has 3 rings (SSSR count). The van der Waals surface area contributed by atoms with Crippen LogP contribution in [0, 0.1) is 11.8 Å². The maximum atomic E-state index is 13.7. The standard InChI is InChI=1S/C26H33NO6/c1-7-12-32-18-10-8-17(9-11-18)22-21(26(30)33-14(2)3)16(5)27-19-13-15(4)20(25(29)31-6)24(28)23(19)22/h8-11,14-15,20,22,27H,7,12-13H2,1-6H3/t15-,20-,22+/m0/s1. The highest BCUT2D eigenvalue weighted by atomic mass is 16.5. The third kappa shape index (κ3) is 4.97. The SMILES string of the molecule is CCCOc1ccc([C@@H]2C(C(=O)OC(C)C)=C(C)NC3=C2C(=O)[C@@H](C(=O)OC)[C@@H](C)C3)cc1. The largest absolute Gasteiger partial charge is 0.494 e. The normalized spacial score (nSPS) is 22.6. The molecule has 1 aromatic carbocycles. The zero-order valence-electron chi connectivity index (χ0n) is 20.2. The Balaban J connectivity index is 2.12. The second kappa shape index (κ2) is 10.2. The molecule has 0 bridgehead atoms. The van der Waals surface area contributed by atoms with Gasteiger partial charge in [0.15, 0.2) is 5.78 Å². The van der Waals surface area contributed by atoms with Crippen LogP contribution in [0.5, 0.6) is 5.75 Å². The minimum absolute atomic E-state index is 0.223. The topological polar surface area (TPSA) is 90.9 Å². The lowest BCUT2D eigenvalue weighted by atomic mass is 9.69. The van der Waals surface area contributed by atoms with Crippen molar-refractivity contribution in [3.63, 3.8) is 0 Å². The number of ketones is 1. The summed E-state index contributed by atoms with van der Waals surface area (Å²) in [5, 5.41) is 3.26. The van der Waals surface area contributed by atoms with Crippen molar-refractivity contribution in [2.75, 3.05) is 13.7 Å². The van der Waals surface area contributed by atoms with E-state index >= 15 is 0 Å². The van der Waals surface area contributed by atoms with Crippen molar-refractivity contribution >= 4 is 17.7 Å². The van der Waals surface area contributed by atoms with Crippen molar-refractivity contribution in [3.05, 3.63) is 52.4 Å². The van der Waals surface area contributed by atoms with Gasteiger partial charge in [-0.05, 0) is 57.2 Å². The first-order chi connectivity index (χ1) is 15.7. The first-order valence-electron chi connectivity index (χ1n) is 11.5. The zero-order valence-corrected chi connectivity index (χ0v) is 20.2. The molecule has 0 aromatic heterocycles. The van der Waals surface area contributed by atoms with Gasteiger partial charge < -0.3 is 19.5 Å². The van der Waals surface area contributed by atoms with Gasteiger partial charge in [0.2, 0.25) is 0 Å². The third-order valence-corrected chi connectivity index (χ3v) is 5.99.